The number of hydrogen-bond acceptors (Lipinski definition) is 4. The van der Waals surface area contributed by atoms with Gasteiger partial charge in [-0.25, -0.2) is 0 Å². The number of thioether (sulfide) groups is 1. The van der Waals surface area contributed by atoms with Crippen molar-refractivity contribution in [1.82, 2.24) is 14.8 Å². The van der Waals surface area contributed by atoms with Gasteiger partial charge in [0.1, 0.15) is 0 Å². The van der Waals surface area contributed by atoms with Crippen molar-refractivity contribution in [2.45, 2.75) is 75.2 Å². The lowest BCUT2D eigenvalue weighted by molar-refractivity contribution is 0.485. The van der Waals surface area contributed by atoms with Gasteiger partial charge in [-0.1, -0.05) is 69.6 Å². The molecule has 0 saturated heterocycles. The Hall–Kier alpha value is -1.80. The Labute approximate surface area is 154 Å². The van der Waals surface area contributed by atoms with E-state index >= 15 is 0 Å². The highest BCUT2D eigenvalue weighted by molar-refractivity contribution is 8.00. The number of aromatic nitrogens is 3. The lowest BCUT2D eigenvalue weighted by atomic mass is 9.86. The normalized spacial score (nSPS) is 16.8. The fourth-order valence-electron chi connectivity index (χ4n) is 3.35. The molecule has 1 heterocycles. The van der Waals surface area contributed by atoms with Crippen molar-refractivity contribution in [3.63, 3.8) is 0 Å². The zero-order valence-electron chi connectivity index (χ0n) is 15.5. The van der Waals surface area contributed by atoms with E-state index in [-0.39, 0.29) is 10.7 Å². The third kappa shape index (κ3) is 3.90. The molecule has 0 radical (unpaired) electrons. The average molecular weight is 355 g/mol. The molecule has 0 N–H and O–H groups in total. The maximum absolute atomic E-state index is 9.15. The Morgan fingerprint density at radius 3 is 2.36 bits per heavy atom. The zero-order chi connectivity index (χ0) is 18.0. The molecular formula is C20H26N4S. The first-order valence-corrected chi connectivity index (χ1v) is 9.90. The Kier molecular flexibility index (Phi) is 5.19. The third-order valence-corrected chi connectivity index (χ3v) is 5.78. The lowest BCUT2D eigenvalue weighted by Gasteiger charge is -2.20. The molecule has 1 saturated carbocycles. The van der Waals surface area contributed by atoms with Crippen molar-refractivity contribution in [2.75, 3.05) is 0 Å². The van der Waals surface area contributed by atoms with Crippen molar-refractivity contribution in [2.24, 2.45) is 0 Å². The first-order valence-electron chi connectivity index (χ1n) is 9.02. The molecule has 1 aliphatic rings. The molecule has 0 amide bonds. The minimum absolute atomic E-state index is 0.125. The predicted octanol–water partition coefficient (Wildman–Crippen LogP) is 5.36. The van der Waals surface area contributed by atoms with E-state index in [0.717, 1.165) is 16.5 Å². The molecule has 1 aliphatic carbocycles. The molecule has 132 valence electrons. The number of hydrogen-bond donors (Lipinski definition) is 0. The van der Waals surface area contributed by atoms with Crippen molar-refractivity contribution in [3.05, 3.63) is 29.8 Å². The van der Waals surface area contributed by atoms with Crippen LogP contribution in [0.2, 0.25) is 0 Å². The van der Waals surface area contributed by atoms with Gasteiger partial charge in [-0.05, 0) is 30.7 Å². The summed E-state index contributed by atoms with van der Waals surface area (Å²) in [6.45, 7) is 8.58. The average Bonchev–Trinajstić information content (AvgIpc) is 3.23. The van der Waals surface area contributed by atoms with Crippen molar-refractivity contribution < 1.29 is 0 Å². The van der Waals surface area contributed by atoms with Crippen LogP contribution in [-0.2, 0) is 5.41 Å². The monoisotopic (exact) mass is 354 g/mol. The Morgan fingerprint density at radius 2 is 1.80 bits per heavy atom. The topological polar surface area (TPSA) is 54.5 Å². The maximum atomic E-state index is 9.15. The summed E-state index contributed by atoms with van der Waals surface area (Å²) in [4.78, 5) is 0. The van der Waals surface area contributed by atoms with Crippen LogP contribution in [0.5, 0.6) is 0 Å². The summed E-state index contributed by atoms with van der Waals surface area (Å²) in [6.07, 6.45) is 4.84. The first kappa shape index (κ1) is 18.0. The van der Waals surface area contributed by atoms with E-state index in [1.54, 1.807) is 0 Å². The summed E-state index contributed by atoms with van der Waals surface area (Å²) in [5.41, 5.74) is 2.56. The first-order chi connectivity index (χ1) is 11.9. The van der Waals surface area contributed by atoms with Gasteiger partial charge in [0.25, 0.3) is 0 Å². The molecule has 0 unspecified atom stereocenters. The molecule has 0 aliphatic heterocycles. The van der Waals surface area contributed by atoms with Gasteiger partial charge >= 0.3 is 0 Å². The van der Waals surface area contributed by atoms with Crippen LogP contribution in [0.15, 0.2) is 29.4 Å². The largest absolute Gasteiger partial charge is 0.299 e. The van der Waals surface area contributed by atoms with Crippen LogP contribution in [0, 0.1) is 11.3 Å². The second kappa shape index (κ2) is 7.21. The summed E-state index contributed by atoms with van der Waals surface area (Å²) in [5, 5.41) is 18.8. The molecular weight excluding hydrogens is 328 g/mol. The molecule has 1 atom stereocenters. The highest BCUT2D eigenvalue weighted by Gasteiger charge is 2.26. The molecule has 0 bridgehead atoms. The fourth-order valence-corrected chi connectivity index (χ4v) is 4.16. The molecule has 3 rings (SSSR count). The van der Waals surface area contributed by atoms with E-state index in [0.29, 0.717) is 6.04 Å². The van der Waals surface area contributed by atoms with Gasteiger partial charge in [0, 0.05) is 11.6 Å². The number of nitrogens with zero attached hydrogens (tertiary/aromatic N) is 4. The molecule has 1 aromatic heterocycles. The summed E-state index contributed by atoms with van der Waals surface area (Å²) in [5.74, 6) is 0.931. The van der Waals surface area contributed by atoms with Crippen LogP contribution in [0.1, 0.15) is 65.0 Å². The summed E-state index contributed by atoms with van der Waals surface area (Å²) < 4.78 is 2.28. The van der Waals surface area contributed by atoms with Crippen LogP contribution in [-0.4, -0.2) is 20.0 Å². The molecule has 2 aromatic rings. The molecule has 0 spiro atoms. The SMILES string of the molecule is C[C@@H](C#N)Sc1nnc(-c2ccc(C(C)(C)C)cc2)n1C1CCCC1. The number of nitriles is 1. The van der Waals surface area contributed by atoms with Crippen molar-refractivity contribution in [1.29, 1.82) is 5.26 Å². The van der Waals surface area contributed by atoms with Crippen LogP contribution in [0.3, 0.4) is 0 Å². The van der Waals surface area contributed by atoms with E-state index in [2.05, 4.69) is 65.9 Å². The van der Waals surface area contributed by atoms with Crippen LogP contribution in [0.4, 0.5) is 0 Å². The molecule has 1 fully saturated rings. The number of rotatable bonds is 4. The summed E-state index contributed by atoms with van der Waals surface area (Å²) in [6, 6.07) is 11.4. The van der Waals surface area contributed by atoms with Crippen molar-refractivity contribution in [3.8, 4) is 17.5 Å². The Morgan fingerprint density at radius 1 is 1.16 bits per heavy atom. The maximum Gasteiger partial charge on any atom is 0.193 e. The third-order valence-electron chi connectivity index (χ3n) is 4.83. The van der Waals surface area contributed by atoms with Gasteiger partial charge in [-0.15, -0.1) is 10.2 Å². The summed E-state index contributed by atoms with van der Waals surface area (Å²) >= 11 is 1.51. The zero-order valence-corrected chi connectivity index (χ0v) is 16.3. The Bertz CT molecular complexity index is 758. The fraction of sp³-hybridized carbons (Fsp3) is 0.550. The van der Waals surface area contributed by atoms with Crippen LogP contribution < -0.4 is 0 Å². The van der Waals surface area contributed by atoms with E-state index in [9.17, 15) is 0 Å². The minimum Gasteiger partial charge on any atom is -0.299 e. The van der Waals surface area contributed by atoms with Gasteiger partial charge in [0.15, 0.2) is 11.0 Å². The van der Waals surface area contributed by atoms with Gasteiger partial charge in [-0.2, -0.15) is 5.26 Å². The second-order valence-corrected chi connectivity index (χ2v) is 9.14. The van der Waals surface area contributed by atoms with Gasteiger partial charge < -0.3 is 0 Å². The predicted molar refractivity (Wildman–Crippen MR) is 103 cm³/mol. The minimum atomic E-state index is -0.125. The molecule has 1 aromatic carbocycles. The lowest BCUT2D eigenvalue weighted by Crippen LogP contribution is -2.11. The van der Waals surface area contributed by atoms with Gasteiger partial charge in [-0.3, -0.25) is 4.57 Å². The van der Waals surface area contributed by atoms with Gasteiger partial charge in [0.05, 0.1) is 11.3 Å². The Balaban J connectivity index is 1.99. The molecule has 25 heavy (non-hydrogen) atoms. The standard InChI is InChI=1S/C20H26N4S/c1-14(13-21)25-19-23-22-18(24(19)17-7-5-6-8-17)15-9-11-16(12-10-15)20(2,3)4/h9-12,14,17H,5-8H2,1-4H3/t14-/m0/s1. The van der Waals surface area contributed by atoms with Crippen LogP contribution >= 0.6 is 11.8 Å². The summed E-state index contributed by atoms with van der Waals surface area (Å²) in [7, 11) is 0. The van der Waals surface area contributed by atoms with E-state index in [1.165, 1.54) is 43.0 Å². The van der Waals surface area contributed by atoms with E-state index < -0.39 is 0 Å². The van der Waals surface area contributed by atoms with E-state index in [1.807, 2.05) is 6.92 Å². The quantitative estimate of drug-likeness (QED) is 0.693. The second-order valence-electron chi connectivity index (χ2n) is 7.83. The smallest absolute Gasteiger partial charge is 0.193 e. The van der Waals surface area contributed by atoms with E-state index in [4.69, 9.17) is 5.26 Å². The molecule has 5 heteroatoms. The number of benzene rings is 1. The highest BCUT2D eigenvalue weighted by atomic mass is 32.2. The van der Waals surface area contributed by atoms with Gasteiger partial charge in [0.2, 0.25) is 0 Å². The van der Waals surface area contributed by atoms with Crippen molar-refractivity contribution >= 4 is 11.8 Å². The highest BCUT2D eigenvalue weighted by Crippen LogP contribution is 2.37. The molecule has 4 nitrogen and oxygen atoms in total. The van der Waals surface area contributed by atoms with Crippen LogP contribution in [0.25, 0.3) is 11.4 Å².